The zero-order valence-electron chi connectivity index (χ0n) is 6.24. The summed E-state index contributed by atoms with van der Waals surface area (Å²) in [6, 6.07) is 4.79. The molecule has 0 amide bonds. The third-order valence-corrected chi connectivity index (χ3v) is 3.33. The highest BCUT2D eigenvalue weighted by molar-refractivity contribution is 7.89. The molecule has 0 unspecified atom stereocenters. The molecule has 0 bridgehead atoms. The van der Waals surface area contributed by atoms with Crippen molar-refractivity contribution in [3.63, 3.8) is 0 Å². The normalized spacial score (nSPS) is 19.0. The minimum Gasteiger partial charge on any atom is -0.207 e. The Morgan fingerprint density at radius 3 is 2.92 bits per heavy atom. The maximum Gasteiger partial charge on any atom is 0.241 e. The van der Waals surface area contributed by atoms with Crippen LogP contribution in [0.2, 0.25) is 0 Å². The second kappa shape index (κ2) is 2.34. The second-order valence-corrected chi connectivity index (χ2v) is 4.43. The fourth-order valence-corrected chi connectivity index (χ4v) is 2.47. The number of nitrogens with one attached hydrogen (secondary N) is 1. The van der Waals surface area contributed by atoms with Gasteiger partial charge in [0.15, 0.2) is 0 Å². The summed E-state index contributed by atoms with van der Waals surface area (Å²) >= 11 is 0. The van der Waals surface area contributed by atoms with Crippen LogP contribution in [-0.2, 0) is 16.6 Å². The van der Waals surface area contributed by atoms with Crippen molar-refractivity contribution >= 4 is 23.3 Å². The van der Waals surface area contributed by atoms with E-state index in [2.05, 4.69) is 4.72 Å². The van der Waals surface area contributed by atoms with Gasteiger partial charge in [-0.15, -0.1) is 0 Å². The van der Waals surface area contributed by atoms with Gasteiger partial charge in [-0.2, -0.15) is 0 Å². The first-order valence-electron chi connectivity index (χ1n) is 3.48. The Hall–Kier alpha value is -0.805. The van der Waals surface area contributed by atoms with E-state index in [1.165, 1.54) is 6.07 Å². The Balaban J connectivity index is 2.71. The van der Waals surface area contributed by atoms with Crippen LogP contribution in [0.4, 0.5) is 0 Å². The van der Waals surface area contributed by atoms with Gasteiger partial charge in [0.25, 0.3) is 0 Å². The summed E-state index contributed by atoms with van der Waals surface area (Å²) in [5.41, 5.74) is 1.34. The highest BCUT2D eigenvalue weighted by Gasteiger charge is 2.24. The molecule has 1 aromatic carbocycles. The van der Waals surface area contributed by atoms with Crippen LogP contribution in [0.15, 0.2) is 23.1 Å². The number of sulfonamides is 1. The van der Waals surface area contributed by atoms with Gasteiger partial charge < -0.3 is 0 Å². The summed E-state index contributed by atoms with van der Waals surface area (Å²) in [4.78, 5) is 0.344. The summed E-state index contributed by atoms with van der Waals surface area (Å²) in [5, 5.41) is 0. The quantitative estimate of drug-likeness (QED) is 0.534. The number of benzene rings is 1. The molecule has 12 heavy (non-hydrogen) atoms. The number of hydrogen-bond acceptors (Lipinski definition) is 2. The summed E-state index contributed by atoms with van der Waals surface area (Å²) in [6.45, 7) is 0.350. The van der Waals surface area contributed by atoms with Gasteiger partial charge in [0.2, 0.25) is 10.0 Å². The van der Waals surface area contributed by atoms with E-state index < -0.39 is 10.0 Å². The van der Waals surface area contributed by atoms with E-state index in [9.17, 15) is 8.42 Å². The third-order valence-electron chi connectivity index (χ3n) is 1.83. The molecule has 60 valence electrons. The average Bonchev–Trinajstić information content (AvgIpc) is 2.27. The molecular formula is C7H6BNO2S. The van der Waals surface area contributed by atoms with Gasteiger partial charge in [0, 0.05) is 6.54 Å². The SMILES string of the molecule is [B]c1ccc2c(c1)CNS2(=O)=O. The average molecular weight is 179 g/mol. The second-order valence-electron chi connectivity index (χ2n) is 2.69. The standard InChI is InChI=1S/C7H6BNO2S/c8-6-1-2-7-5(3-6)4-9-12(7,10)11/h1-3,9H,4H2. The zero-order valence-corrected chi connectivity index (χ0v) is 7.06. The zero-order chi connectivity index (χ0) is 8.77. The molecule has 2 radical (unpaired) electrons. The fourth-order valence-electron chi connectivity index (χ4n) is 1.25. The summed E-state index contributed by atoms with van der Waals surface area (Å²) in [7, 11) is 2.27. The van der Waals surface area contributed by atoms with Gasteiger partial charge in [-0.3, -0.25) is 0 Å². The van der Waals surface area contributed by atoms with Crippen LogP contribution in [0.25, 0.3) is 0 Å². The molecule has 0 fully saturated rings. The lowest BCUT2D eigenvalue weighted by Gasteiger charge is -1.97. The first-order chi connectivity index (χ1) is 5.59. The van der Waals surface area contributed by atoms with Crippen molar-refractivity contribution in [2.24, 2.45) is 0 Å². The predicted molar refractivity (Wildman–Crippen MR) is 45.9 cm³/mol. The smallest absolute Gasteiger partial charge is 0.207 e. The van der Waals surface area contributed by atoms with Crippen molar-refractivity contribution in [3.05, 3.63) is 23.8 Å². The van der Waals surface area contributed by atoms with Crippen LogP contribution in [0.3, 0.4) is 0 Å². The van der Waals surface area contributed by atoms with Crippen molar-refractivity contribution in [1.82, 2.24) is 4.72 Å². The minimum absolute atomic E-state index is 0.344. The van der Waals surface area contributed by atoms with E-state index in [0.717, 1.165) is 5.56 Å². The maximum absolute atomic E-state index is 11.2. The van der Waals surface area contributed by atoms with E-state index in [0.29, 0.717) is 16.9 Å². The Bertz CT molecular complexity index is 427. The van der Waals surface area contributed by atoms with Gasteiger partial charge in [-0.25, -0.2) is 13.1 Å². The Kier molecular flexibility index (Phi) is 1.53. The molecule has 0 saturated heterocycles. The minimum atomic E-state index is -3.23. The van der Waals surface area contributed by atoms with Crippen molar-refractivity contribution in [1.29, 1.82) is 0 Å². The molecule has 1 N–H and O–H groups in total. The number of rotatable bonds is 0. The largest absolute Gasteiger partial charge is 0.241 e. The number of fused-ring (bicyclic) bond motifs is 1. The van der Waals surface area contributed by atoms with Crippen molar-refractivity contribution in [2.45, 2.75) is 11.4 Å². The van der Waals surface area contributed by atoms with Gasteiger partial charge in [0.05, 0.1) is 4.90 Å². The van der Waals surface area contributed by atoms with Gasteiger partial charge in [-0.1, -0.05) is 17.6 Å². The molecule has 1 heterocycles. The molecule has 3 nitrogen and oxygen atoms in total. The summed E-state index contributed by atoms with van der Waals surface area (Å²) in [6.07, 6.45) is 0. The Morgan fingerprint density at radius 1 is 1.42 bits per heavy atom. The summed E-state index contributed by atoms with van der Waals surface area (Å²) in [5.74, 6) is 0. The predicted octanol–water partition coefficient (Wildman–Crippen LogP) is -0.728. The van der Waals surface area contributed by atoms with E-state index in [1.54, 1.807) is 12.1 Å². The molecule has 1 aromatic rings. The molecule has 0 aliphatic carbocycles. The number of hydrogen-bond donors (Lipinski definition) is 1. The van der Waals surface area contributed by atoms with Crippen LogP contribution in [0, 0.1) is 0 Å². The first kappa shape index (κ1) is 7.82. The first-order valence-corrected chi connectivity index (χ1v) is 4.96. The molecule has 0 saturated carbocycles. The van der Waals surface area contributed by atoms with E-state index in [1.807, 2.05) is 0 Å². The van der Waals surface area contributed by atoms with E-state index in [-0.39, 0.29) is 0 Å². The molecular weight excluding hydrogens is 173 g/mol. The van der Waals surface area contributed by atoms with Crippen LogP contribution < -0.4 is 10.2 Å². The lowest BCUT2D eigenvalue weighted by Crippen LogP contribution is -2.13. The third kappa shape index (κ3) is 1.05. The fraction of sp³-hybridized carbons (Fsp3) is 0.143. The van der Waals surface area contributed by atoms with Crippen LogP contribution in [0.5, 0.6) is 0 Å². The highest BCUT2D eigenvalue weighted by Crippen LogP contribution is 2.19. The summed E-state index contributed by atoms with van der Waals surface area (Å²) < 4.78 is 24.8. The molecule has 2 rings (SSSR count). The molecule has 0 spiro atoms. The molecule has 0 atom stereocenters. The van der Waals surface area contributed by atoms with Crippen molar-refractivity contribution in [3.8, 4) is 0 Å². The molecule has 0 aromatic heterocycles. The van der Waals surface area contributed by atoms with Crippen molar-refractivity contribution in [2.75, 3.05) is 0 Å². The van der Waals surface area contributed by atoms with Gasteiger partial charge in [-0.05, 0) is 11.6 Å². The van der Waals surface area contributed by atoms with Gasteiger partial charge in [0.1, 0.15) is 7.85 Å². The highest BCUT2D eigenvalue weighted by atomic mass is 32.2. The lowest BCUT2D eigenvalue weighted by molar-refractivity contribution is 0.589. The Morgan fingerprint density at radius 2 is 2.17 bits per heavy atom. The van der Waals surface area contributed by atoms with Crippen LogP contribution in [-0.4, -0.2) is 16.3 Å². The molecule has 5 heteroatoms. The maximum atomic E-state index is 11.2. The van der Waals surface area contributed by atoms with Crippen LogP contribution >= 0.6 is 0 Å². The monoisotopic (exact) mass is 179 g/mol. The van der Waals surface area contributed by atoms with Crippen molar-refractivity contribution < 1.29 is 8.42 Å². The van der Waals surface area contributed by atoms with E-state index in [4.69, 9.17) is 7.85 Å². The Labute approximate surface area is 72.3 Å². The molecule has 1 aliphatic heterocycles. The lowest BCUT2D eigenvalue weighted by atomic mass is 9.94. The topological polar surface area (TPSA) is 46.2 Å². The van der Waals surface area contributed by atoms with Gasteiger partial charge >= 0.3 is 0 Å². The van der Waals surface area contributed by atoms with Crippen LogP contribution in [0.1, 0.15) is 5.56 Å². The van der Waals surface area contributed by atoms with E-state index >= 15 is 0 Å². The molecule has 1 aliphatic rings.